The molecule has 0 atom stereocenters. The average molecular weight is 498 g/mol. The van der Waals surface area contributed by atoms with Gasteiger partial charge in [-0.05, 0) is 65.6 Å². The predicted molar refractivity (Wildman–Crippen MR) is 142 cm³/mol. The summed E-state index contributed by atoms with van der Waals surface area (Å²) in [6, 6.07) is 18.5. The molecule has 0 unspecified atom stereocenters. The zero-order chi connectivity index (χ0) is 24.6. The van der Waals surface area contributed by atoms with E-state index in [1.54, 1.807) is 6.07 Å². The van der Waals surface area contributed by atoms with E-state index in [4.69, 9.17) is 4.74 Å². The van der Waals surface area contributed by atoms with Gasteiger partial charge in [0, 0.05) is 42.2 Å². The fraction of sp³-hybridized carbons (Fsp3) is 0.346. The number of ether oxygens (including phenoxy) is 1. The van der Waals surface area contributed by atoms with Gasteiger partial charge in [-0.3, -0.25) is 0 Å². The number of nitrogens with zero attached hydrogens (tertiary/aromatic N) is 2. The summed E-state index contributed by atoms with van der Waals surface area (Å²) in [5.41, 5.74) is 2.31. The second-order valence-electron chi connectivity index (χ2n) is 7.95. The summed E-state index contributed by atoms with van der Waals surface area (Å²) in [7, 11) is -2.39. The van der Waals surface area contributed by atoms with Gasteiger partial charge in [0.1, 0.15) is 6.07 Å². The lowest BCUT2D eigenvalue weighted by Crippen LogP contribution is -2.27. The Labute approximate surface area is 206 Å². The molecule has 0 fully saturated rings. The molecule has 0 radical (unpaired) electrons. The Hall–Kier alpha value is -2.70. The van der Waals surface area contributed by atoms with Gasteiger partial charge in [0.2, 0.25) is 0 Å². The highest BCUT2D eigenvalue weighted by Crippen LogP contribution is 2.33. The van der Waals surface area contributed by atoms with Gasteiger partial charge < -0.3 is 9.64 Å². The molecular weight excluding hydrogens is 466 g/mol. The highest BCUT2D eigenvalue weighted by molar-refractivity contribution is 7.93. The number of allylic oxidation sites excluding steroid dienone is 1. The van der Waals surface area contributed by atoms with Crippen LogP contribution in [0.2, 0.25) is 0 Å². The van der Waals surface area contributed by atoms with Crippen LogP contribution in [0.25, 0.3) is 27.3 Å². The number of nitriles is 1. The normalized spacial score (nSPS) is 12.1. The molecular formula is C26H31N3O3S2. The Bertz CT molecular complexity index is 1280. The summed E-state index contributed by atoms with van der Waals surface area (Å²) in [4.78, 5) is 3.83. The van der Waals surface area contributed by atoms with Crippen LogP contribution >= 0.6 is 11.3 Å². The van der Waals surface area contributed by atoms with E-state index in [9.17, 15) is 13.7 Å². The van der Waals surface area contributed by atoms with Crippen molar-refractivity contribution in [3.05, 3.63) is 58.3 Å². The molecule has 0 saturated heterocycles. The van der Waals surface area contributed by atoms with Gasteiger partial charge in [0.05, 0.1) is 6.61 Å². The third-order valence-electron chi connectivity index (χ3n) is 5.36. The Morgan fingerprint density at radius 1 is 1.09 bits per heavy atom. The molecule has 3 aromatic rings. The molecule has 1 N–H and O–H groups in total. The summed E-state index contributed by atoms with van der Waals surface area (Å²) < 4.78 is 32.0. The second-order valence-corrected chi connectivity index (χ2v) is 10.8. The number of thiophene rings is 1. The summed E-state index contributed by atoms with van der Waals surface area (Å²) >= 11 is 1.45. The highest BCUT2D eigenvalue weighted by atomic mass is 32.2. The topological polar surface area (TPSA) is 82.4 Å². The number of methoxy groups -OCH3 is 1. The minimum absolute atomic E-state index is 0.112. The van der Waals surface area contributed by atoms with Crippen LogP contribution in [0.5, 0.6) is 0 Å². The zero-order valence-corrected chi connectivity index (χ0v) is 21.5. The van der Waals surface area contributed by atoms with Crippen molar-refractivity contribution in [2.75, 3.05) is 38.3 Å². The van der Waals surface area contributed by atoms with Gasteiger partial charge in [-0.25, -0.2) is 13.1 Å². The summed E-state index contributed by atoms with van der Waals surface area (Å²) in [6.07, 6.45) is 3.64. The van der Waals surface area contributed by atoms with Crippen LogP contribution < -0.4 is 9.62 Å². The maximum absolute atomic E-state index is 12.4. The predicted octanol–water partition coefficient (Wildman–Crippen LogP) is 5.62. The van der Waals surface area contributed by atoms with Crippen molar-refractivity contribution in [3.63, 3.8) is 0 Å². The maximum Gasteiger partial charge on any atom is 0.250 e. The highest BCUT2D eigenvalue weighted by Gasteiger charge is 2.17. The molecule has 0 saturated carbocycles. The molecule has 0 bridgehead atoms. The van der Waals surface area contributed by atoms with Crippen LogP contribution in [-0.2, 0) is 14.8 Å². The zero-order valence-electron chi connectivity index (χ0n) is 19.9. The number of hydrogen-bond acceptors (Lipinski definition) is 6. The fourth-order valence-electron chi connectivity index (χ4n) is 3.73. The molecule has 3 rings (SSSR count). The molecule has 8 heteroatoms. The van der Waals surface area contributed by atoms with Crippen LogP contribution in [0.15, 0.2) is 53.4 Å². The van der Waals surface area contributed by atoms with Crippen LogP contribution in [0, 0.1) is 11.3 Å². The third-order valence-corrected chi connectivity index (χ3v) is 7.81. The number of anilines is 1. The van der Waals surface area contributed by atoms with Crippen molar-refractivity contribution < 1.29 is 13.2 Å². The molecule has 2 aromatic carbocycles. The fourth-order valence-corrected chi connectivity index (χ4v) is 5.67. The van der Waals surface area contributed by atoms with E-state index in [-0.39, 0.29) is 18.1 Å². The monoisotopic (exact) mass is 497 g/mol. The van der Waals surface area contributed by atoms with E-state index in [1.165, 1.54) is 35.6 Å². The third kappa shape index (κ3) is 6.45. The largest absolute Gasteiger partial charge is 0.383 e. The van der Waals surface area contributed by atoms with Gasteiger partial charge in [0.25, 0.3) is 10.0 Å². The molecule has 6 nitrogen and oxygen atoms in total. The Balaban J connectivity index is 1.84. The van der Waals surface area contributed by atoms with Gasteiger partial charge in [-0.1, -0.05) is 32.0 Å². The van der Waals surface area contributed by atoms with E-state index in [0.29, 0.717) is 4.88 Å². The van der Waals surface area contributed by atoms with Crippen molar-refractivity contribution in [2.24, 2.45) is 0 Å². The number of sulfonamides is 1. The van der Waals surface area contributed by atoms with Crippen molar-refractivity contribution >= 4 is 43.9 Å². The summed E-state index contributed by atoms with van der Waals surface area (Å²) in [5, 5.41) is 11.7. The number of hydrogen-bond donors (Lipinski definition) is 1. The first kappa shape index (κ1) is 25.9. The van der Waals surface area contributed by atoms with E-state index < -0.39 is 10.0 Å². The molecule has 180 valence electrons. The molecule has 0 spiro atoms. The number of fused-ring (bicyclic) bond motifs is 1. The van der Waals surface area contributed by atoms with Gasteiger partial charge in [-0.2, -0.15) is 5.26 Å². The number of rotatable bonds is 12. The molecule has 1 aromatic heterocycles. The Morgan fingerprint density at radius 3 is 2.47 bits per heavy atom. The van der Waals surface area contributed by atoms with Crippen molar-refractivity contribution in [1.29, 1.82) is 5.26 Å². The average Bonchev–Trinajstić information content (AvgIpc) is 3.30. The quantitative estimate of drug-likeness (QED) is 0.259. The smallest absolute Gasteiger partial charge is 0.250 e. The van der Waals surface area contributed by atoms with Crippen molar-refractivity contribution in [3.8, 4) is 16.5 Å². The lowest BCUT2D eigenvalue weighted by Gasteiger charge is -2.24. The van der Waals surface area contributed by atoms with E-state index >= 15 is 0 Å². The van der Waals surface area contributed by atoms with Gasteiger partial charge in [0.15, 0.2) is 4.91 Å². The first-order chi connectivity index (χ1) is 16.4. The summed E-state index contributed by atoms with van der Waals surface area (Å²) in [5.74, 6) is 0. The molecule has 0 aliphatic rings. The number of nitrogens with one attached hydrogen (secondary N) is 1. The lowest BCUT2D eigenvalue weighted by molar-refractivity contribution is 0.204. The number of benzene rings is 2. The molecule has 0 aliphatic carbocycles. The van der Waals surface area contributed by atoms with Crippen LogP contribution in [-0.4, -0.2) is 41.8 Å². The van der Waals surface area contributed by atoms with Gasteiger partial charge in [-0.15, -0.1) is 11.3 Å². The van der Waals surface area contributed by atoms with Crippen molar-refractivity contribution in [2.45, 2.75) is 26.7 Å². The van der Waals surface area contributed by atoms with E-state index in [0.717, 1.165) is 41.8 Å². The molecule has 34 heavy (non-hydrogen) atoms. The van der Waals surface area contributed by atoms with E-state index in [1.807, 2.05) is 12.1 Å². The Kier molecular flexibility index (Phi) is 9.25. The first-order valence-corrected chi connectivity index (χ1v) is 13.7. The van der Waals surface area contributed by atoms with E-state index in [2.05, 4.69) is 59.9 Å². The summed E-state index contributed by atoms with van der Waals surface area (Å²) in [6.45, 7) is 6.85. The maximum atomic E-state index is 12.4. The molecule has 0 aliphatic heterocycles. The lowest BCUT2D eigenvalue weighted by atomic mass is 10.0. The van der Waals surface area contributed by atoms with Gasteiger partial charge >= 0.3 is 0 Å². The second kappa shape index (κ2) is 12.1. The molecule has 1 heterocycles. The minimum atomic E-state index is -3.87. The van der Waals surface area contributed by atoms with Crippen LogP contribution in [0.1, 0.15) is 31.6 Å². The SMILES string of the molecule is CCCN(CCC)c1ccc2cc(-c3ccc(/C=C(\C#N)S(=O)(=O)NCCOC)s3)ccc2c1. The molecule has 0 amide bonds. The first-order valence-electron chi connectivity index (χ1n) is 11.4. The van der Waals surface area contributed by atoms with Crippen LogP contribution in [0.4, 0.5) is 5.69 Å². The standard InChI is InChI=1S/C26H31N3O3S2/c1-4-13-29(14-5-2)23-9-8-20-16-22(7-6-21(20)17-23)26-11-10-24(33-26)18-25(19-27)34(30,31)28-12-15-32-3/h6-11,16-18,28H,4-5,12-15H2,1-3H3/b25-18+. The Morgan fingerprint density at radius 2 is 1.79 bits per heavy atom. The minimum Gasteiger partial charge on any atom is -0.383 e. The van der Waals surface area contributed by atoms with Crippen molar-refractivity contribution in [1.82, 2.24) is 4.72 Å². The van der Waals surface area contributed by atoms with Crippen LogP contribution in [0.3, 0.4) is 0 Å².